The number of rotatable bonds is 5. The summed E-state index contributed by atoms with van der Waals surface area (Å²) in [5.74, 6) is -0.0246. The van der Waals surface area contributed by atoms with Crippen LogP contribution >= 0.6 is 0 Å². The Balaban J connectivity index is 1.83. The summed E-state index contributed by atoms with van der Waals surface area (Å²) in [6, 6.07) is 24.4. The zero-order valence-electron chi connectivity index (χ0n) is 14.7. The first-order valence-corrected chi connectivity index (χ1v) is 10.0. The van der Waals surface area contributed by atoms with E-state index < -0.39 is 10.0 Å². The molecule has 28 heavy (non-hydrogen) atoms. The van der Waals surface area contributed by atoms with Gasteiger partial charge in [-0.05, 0) is 24.3 Å². The lowest BCUT2D eigenvalue weighted by Gasteiger charge is -2.08. The fourth-order valence-electron chi connectivity index (χ4n) is 2.84. The van der Waals surface area contributed by atoms with Gasteiger partial charge in [0.1, 0.15) is 16.3 Å². The summed E-state index contributed by atoms with van der Waals surface area (Å²) in [6.07, 6.45) is 1.49. The summed E-state index contributed by atoms with van der Waals surface area (Å²) in [6.45, 7) is 0. The number of phenolic OH excluding ortho intramolecular Hbond substituents is 1. The van der Waals surface area contributed by atoms with E-state index in [-0.39, 0.29) is 16.3 Å². The molecule has 2 N–H and O–H groups in total. The summed E-state index contributed by atoms with van der Waals surface area (Å²) in [5, 5.41) is 14.1. The van der Waals surface area contributed by atoms with E-state index in [2.05, 4.69) is 9.82 Å². The van der Waals surface area contributed by atoms with Crippen LogP contribution in [0.2, 0.25) is 0 Å². The highest BCUT2D eigenvalue weighted by Crippen LogP contribution is 2.29. The Hall–Kier alpha value is -3.58. The Kier molecular flexibility index (Phi) is 4.58. The highest BCUT2D eigenvalue weighted by Gasteiger charge is 2.24. The lowest BCUT2D eigenvalue weighted by Crippen LogP contribution is -2.13. The number of benzene rings is 3. The van der Waals surface area contributed by atoms with Crippen molar-refractivity contribution in [1.82, 2.24) is 9.78 Å². The topological polar surface area (TPSA) is 84.2 Å². The van der Waals surface area contributed by atoms with Gasteiger partial charge in [-0.1, -0.05) is 54.6 Å². The molecule has 0 fully saturated rings. The van der Waals surface area contributed by atoms with Crippen LogP contribution < -0.4 is 4.72 Å². The number of hydrogen-bond donors (Lipinski definition) is 2. The number of anilines is 1. The highest BCUT2D eigenvalue weighted by molar-refractivity contribution is 7.92. The minimum Gasteiger partial charge on any atom is -0.508 e. The van der Waals surface area contributed by atoms with E-state index in [1.807, 2.05) is 60.7 Å². The Morgan fingerprint density at radius 2 is 1.54 bits per heavy atom. The van der Waals surface area contributed by atoms with Gasteiger partial charge in [-0.2, -0.15) is 5.10 Å². The second-order valence-electron chi connectivity index (χ2n) is 6.14. The van der Waals surface area contributed by atoms with Gasteiger partial charge < -0.3 is 5.11 Å². The second kappa shape index (κ2) is 7.21. The standard InChI is InChI=1S/C21H17N3O3S/c25-19-13-7-10-17(14-19)23-28(26,27)20-15-24(18-11-5-2-6-12-18)22-21(20)16-8-3-1-4-9-16/h1-15,23,25H. The third-order valence-corrected chi connectivity index (χ3v) is 5.52. The largest absolute Gasteiger partial charge is 0.508 e. The Labute approximate surface area is 162 Å². The highest BCUT2D eigenvalue weighted by atomic mass is 32.2. The SMILES string of the molecule is O=S(=O)(Nc1cccc(O)c1)c1cn(-c2ccccc2)nc1-c1ccccc1. The van der Waals surface area contributed by atoms with Gasteiger partial charge in [-0.15, -0.1) is 0 Å². The van der Waals surface area contributed by atoms with Crippen molar-refractivity contribution in [2.45, 2.75) is 4.90 Å². The first kappa shape index (κ1) is 17.8. The van der Waals surface area contributed by atoms with Gasteiger partial charge in [0.15, 0.2) is 0 Å². The maximum absolute atomic E-state index is 13.1. The number of nitrogens with zero attached hydrogens (tertiary/aromatic N) is 2. The van der Waals surface area contributed by atoms with E-state index in [4.69, 9.17) is 0 Å². The van der Waals surface area contributed by atoms with Gasteiger partial charge in [-0.3, -0.25) is 4.72 Å². The van der Waals surface area contributed by atoms with Crippen LogP contribution in [0.1, 0.15) is 0 Å². The predicted molar refractivity (Wildman–Crippen MR) is 108 cm³/mol. The van der Waals surface area contributed by atoms with Crippen LogP contribution in [0.3, 0.4) is 0 Å². The van der Waals surface area contributed by atoms with E-state index >= 15 is 0 Å². The first-order valence-electron chi connectivity index (χ1n) is 8.55. The fourth-order valence-corrected chi connectivity index (χ4v) is 4.04. The molecule has 0 bridgehead atoms. The van der Waals surface area contributed by atoms with Crippen molar-refractivity contribution < 1.29 is 13.5 Å². The number of aromatic nitrogens is 2. The molecular formula is C21H17N3O3S. The fraction of sp³-hybridized carbons (Fsp3) is 0. The zero-order chi connectivity index (χ0) is 19.6. The van der Waals surface area contributed by atoms with Crippen LogP contribution in [0.5, 0.6) is 5.75 Å². The quantitative estimate of drug-likeness (QED) is 0.538. The maximum atomic E-state index is 13.1. The molecular weight excluding hydrogens is 374 g/mol. The number of aromatic hydroxyl groups is 1. The zero-order valence-corrected chi connectivity index (χ0v) is 15.5. The molecule has 0 spiro atoms. The lowest BCUT2D eigenvalue weighted by molar-refractivity contribution is 0.475. The van der Waals surface area contributed by atoms with Crippen LogP contribution in [0.4, 0.5) is 5.69 Å². The molecule has 0 saturated carbocycles. The maximum Gasteiger partial charge on any atom is 0.265 e. The number of sulfonamides is 1. The molecule has 4 rings (SSSR count). The molecule has 0 amide bonds. The van der Waals surface area contributed by atoms with Crippen molar-refractivity contribution in [3.8, 4) is 22.7 Å². The van der Waals surface area contributed by atoms with Gasteiger partial charge in [0.25, 0.3) is 10.0 Å². The number of phenols is 1. The van der Waals surface area contributed by atoms with E-state index in [0.29, 0.717) is 11.3 Å². The van der Waals surface area contributed by atoms with Crippen molar-refractivity contribution in [2.24, 2.45) is 0 Å². The average molecular weight is 391 g/mol. The third-order valence-electron chi connectivity index (χ3n) is 4.14. The Morgan fingerprint density at radius 1 is 0.857 bits per heavy atom. The van der Waals surface area contributed by atoms with Crippen LogP contribution in [0, 0.1) is 0 Å². The smallest absolute Gasteiger partial charge is 0.265 e. The Morgan fingerprint density at radius 3 is 2.21 bits per heavy atom. The van der Waals surface area contributed by atoms with E-state index in [1.165, 1.54) is 18.3 Å². The molecule has 0 saturated heterocycles. The molecule has 6 nitrogen and oxygen atoms in total. The summed E-state index contributed by atoms with van der Waals surface area (Å²) >= 11 is 0. The third kappa shape index (κ3) is 3.60. The first-order chi connectivity index (χ1) is 13.5. The molecule has 1 heterocycles. The van der Waals surface area contributed by atoms with Gasteiger partial charge in [-0.25, -0.2) is 13.1 Å². The van der Waals surface area contributed by atoms with Crippen molar-refractivity contribution in [3.05, 3.63) is 91.1 Å². The molecule has 0 atom stereocenters. The Bertz CT molecular complexity index is 1200. The lowest BCUT2D eigenvalue weighted by atomic mass is 10.2. The monoisotopic (exact) mass is 391 g/mol. The normalized spacial score (nSPS) is 11.3. The number of hydrogen-bond acceptors (Lipinski definition) is 4. The predicted octanol–water partition coefficient (Wildman–Crippen LogP) is 4.05. The molecule has 140 valence electrons. The van der Waals surface area contributed by atoms with Crippen LogP contribution in [-0.2, 0) is 10.0 Å². The average Bonchev–Trinajstić information content (AvgIpc) is 3.16. The minimum atomic E-state index is -3.94. The molecule has 0 aliphatic rings. The molecule has 1 aromatic heterocycles. The summed E-state index contributed by atoms with van der Waals surface area (Å²) < 4.78 is 30.3. The summed E-state index contributed by atoms with van der Waals surface area (Å²) in [4.78, 5) is 0.0471. The molecule has 0 unspecified atom stereocenters. The summed E-state index contributed by atoms with van der Waals surface area (Å²) in [5.41, 5.74) is 2.05. The van der Waals surface area contributed by atoms with Gasteiger partial charge in [0.2, 0.25) is 0 Å². The van der Waals surface area contributed by atoms with Crippen LogP contribution in [0.25, 0.3) is 16.9 Å². The molecule has 0 aliphatic heterocycles. The molecule has 0 radical (unpaired) electrons. The second-order valence-corrected chi connectivity index (χ2v) is 7.79. The van der Waals surface area contributed by atoms with Crippen molar-refractivity contribution >= 4 is 15.7 Å². The van der Waals surface area contributed by atoms with Crippen molar-refractivity contribution in [3.63, 3.8) is 0 Å². The van der Waals surface area contributed by atoms with Gasteiger partial charge in [0.05, 0.1) is 17.6 Å². The van der Waals surface area contributed by atoms with E-state index in [1.54, 1.807) is 16.8 Å². The van der Waals surface area contributed by atoms with Crippen LogP contribution in [0.15, 0.2) is 96.0 Å². The van der Waals surface area contributed by atoms with E-state index in [9.17, 15) is 13.5 Å². The van der Waals surface area contributed by atoms with Crippen molar-refractivity contribution in [1.29, 1.82) is 0 Å². The molecule has 7 heteroatoms. The molecule has 3 aromatic carbocycles. The van der Waals surface area contributed by atoms with E-state index in [0.717, 1.165) is 5.69 Å². The number of nitrogens with one attached hydrogen (secondary N) is 1. The summed E-state index contributed by atoms with van der Waals surface area (Å²) in [7, 11) is -3.94. The van der Waals surface area contributed by atoms with Gasteiger partial charge >= 0.3 is 0 Å². The number of para-hydroxylation sites is 1. The van der Waals surface area contributed by atoms with Gasteiger partial charge in [0, 0.05) is 11.6 Å². The van der Waals surface area contributed by atoms with Crippen molar-refractivity contribution in [2.75, 3.05) is 4.72 Å². The van der Waals surface area contributed by atoms with Crippen LogP contribution in [-0.4, -0.2) is 23.3 Å². The molecule has 0 aliphatic carbocycles. The minimum absolute atomic E-state index is 0.0246. The molecule has 4 aromatic rings.